The van der Waals surface area contributed by atoms with E-state index in [2.05, 4.69) is 0 Å². The molecule has 9 heteroatoms. The zero-order chi connectivity index (χ0) is 20.0. The van der Waals surface area contributed by atoms with E-state index in [1.165, 1.54) is 6.92 Å². The van der Waals surface area contributed by atoms with Gasteiger partial charge in [0.05, 0.1) is 6.61 Å². The highest BCUT2D eigenvalue weighted by molar-refractivity contribution is 5.66. The normalized spacial score (nSPS) is 27.8. The lowest BCUT2D eigenvalue weighted by Crippen LogP contribution is -2.60. The van der Waals surface area contributed by atoms with E-state index in [1.807, 2.05) is 0 Å². The molecule has 1 aromatic rings. The SMILES string of the molecule is CC(=O)OC[C@H]1O[C@@H](OCCc2ccc(O)cc2)[C@H](O)[C@@H](OC(C)=O)[C@@H]1O. The minimum atomic E-state index is -1.42. The molecule has 0 spiro atoms. The van der Waals surface area contributed by atoms with Gasteiger partial charge in [-0.15, -0.1) is 0 Å². The van der Waals surface area contributed by atoms with Crippen LogP contribution in [-0.2, 0) is 35.0 Å². The molecule has 1 aromatic carbocycles. The Morgan fingerprint density at radius 2 is 1.74 bits per heavy atom. The zero-order valence-electron chi connectivity index (χ0n) is 15.1. The molecule has 1 heterocycles. The van der Waals surface area contributed by atoms with Gasteiger partial charge in [-0.2, -0.15) is 0 Å². The lowest BCUT2D eigenvalue weighted by Gasteiger charge is -2.41. The molecule has 27 heavy (non-hydrogen) atoms. The Kier molecular flexibility index (Phi) is 7.55. The van der Waals surface area contributed by atoms with Gasteiger partial charge in [-0.25, -0.2) is 0 Å². The van der Waals surface area contributed by atoms with Gasteiger partial charge in [-0.3, -0.25) is 9.59 Å². The third kappa shape index (κ3) is 6.17. The zero-order valence-corrected chi connectivity index (χ0v) is 15.1. The number of hydrogen-bond donors (Lipinski definition) is 3. The van der Waals surface area contributed by atoms with Gasteiger partial charge in [0.25, 0.3) is 0 Å². The van der Waals surface area contributed by atoms with Crippen LogP contribution >= 0.6 is 0 Å². The molecule has 1 aliphatic rings. The van der Waals surface area contributed by atoms with Crippen molar-refractivity contribution in [1.29, 1.82) is 0 Å². The van der Waals surface area contributed by atoms with E-state index in [-0.39, 0.29) is 19.0 Å². The number of aromatic hydroxyl groups is 1. The molecule has 0 radical (unpaired) electrons. The number of phenols is 1. The van der Waals surface area contributed by atoms with Gasteiger partial charge in [0.1, 0.15) is 30.7 Å². The average molecular weight is 384 g/mol. The Morgan fingerprint density at radius 3 is 2.33 bits per heavy atom. The van der Waals surface area contributed by atoms with Crippen LogP contribution in [0.15, 0.2) is 24.3 Å². The summed E-state index contributed by atoms with van der Waals surface area (Å²) in [5.74, 6) is -1.10. The number of rotatable bonds is 7. The maximum absolute atomic E-state index is 11.3. The summed E-state index contributed by atoms with van der Waals surface area (Å²) in [4.78, 5) is 22.3. The van der Waals surface area contributed by atoms with Gasteiger partial charge in [-0.1, -0.05) is 12.1 Å². The van der Waals surface area contributed by atoms with Crippen LogP contribution in [0, 0.1) is 0 Å². The molecule has 1 fully saturated rings. The third-order valence-corrected chi connectivity index (χ3v) is 4.00. The van der Waals surface area contributed by atoms with Crippen LogP contribution in [0.1, 0.15) is 19.4 Å². The Balaban J connectivity index is 1.99. The fourth-order valence-corrected chi connectivity index (χ4v) is 2.66. The fraction of sp³-hybridized carbons (Fsp3) is 0.556. The molecule has 0 aromatic heterocycles. The largest absolute Gasteiger partial charge is 0.508 e. The highest BCUT2D eigenvalue weighted by Crippen LogP contribution is 2.25. The summed E-state index contributed by atoms with van der Waals surface area (Å²) in [6.07, 6.45) is -5.83. The van der Waals surface area contributed by atoms with Crippen LogP contribution in [0.2, 0.25) is 0 Å². The maximum Gasteiger partial charge on any atom is 0.303 e. The molecule has 1 aliphatic heterocycles. The molecule has 0 unspecified atom stereocenters. The van der Waals surface area contributed by atoms with Gasteiger partial charge >= 0.3 is 11.9 Å². The maximum atomic E-state index is 11.3. The van der Waals surface area contributed by atoms with Gasteiger partial charge in [-0.05, 0) is 24.1 Å². The first-order chi connectivity index (χ1) is 12.8. The Labute approximate surface area is 156 Å². The number of esters is 2. The predicted octanol–water partition coefficient (Wildman–Crippen LogP) is -0.107. The summed E-state index contributed by atoms with van der Waals surface area (Å²) in [5, 5.41) is 29.9. The van der Waals surface area contributed by atoms with Crippen LogP contribution in [0.5, 0.6) is 5.75 Å². The quantitative estimate of drug-likeness (QED) is 0.551. The highest BCUT2D eigenvalue weighted by atomic mass is 16.7. The second-order valence-corrected chi connectivity index (χ2v) is 6.19. The van der Waals surface area contributed by atoms with E-state index in [4.69, 9.17) is 18.9 Å². The summed E-state index contributed by atoms with van der Waals surface area (Å²) < 4.78 is 20.9. The third-order valence-electron chi connectivity index (χ3n) is 4.00. The van der Waals surface area contributed by atoms with Crippen LogP contribution in [-0.4, -0.2) is 71.2 Å². The highest BCUT2D eigenvalue weighted by Gasteiger charge is 2.47. The lowest BCUT2D eigenvalue weighted by molar-refractivity contribution is -0.303. The Bertz CT molecular complexity index is 630. The second kappa shape index (κ2) is 9.65. The van der Waals surface area contributed by atoms with E-state index < -0.39 is 42.6 Å². The van der Waals surface area contributed by atoms with Crippen molar-refractivity contribution in [2.75, 3.05) is 13.2 Å². The van der Waals surface area contributed by atoms with Gasteiger partial charge < -0.3 is 34.3 Å². The van der Waals surface area contributed by atoms with E-state index in [1.54, 1.807) is 24.3 Å². The number of aliphatic hydroxyl groups is 2. The first-order valence-electron chi connectivity index (χ1n) is 8.49. The number of carbonyl (C=O) groups excluding carboxylic acids is 2. The van der Waals surface area contributed by atoms with Crippen molar-refractivity contribution in [3.8, 4) is 5.75 Å². The molecule has 9 nitrogen and oxygen atoms in total. The van der Waals surface area contributed by atoms with Crippen molar-refractivity contribution in [2.45, 2.75) is 51.0 Å². The smallest absolute Gasteiger partial charge is 0.303 e. The second-order valence-electron chi connectivity index (χ2n) is 6.19. The molecular formula is C18H24O9. The summed E-state index contributed by atoms with van der Waals surface area (Å²) in [7, 11) is 0. The minimum absolute atomic E-state index is 0.150. The number of aliphatic hydroxyl groups excluding tert-OH is 2. The first-order valence-corrected chi connectivity index (χ1v) is 8.49. The molecule has 0 saturated carbocycles. The number of benzene rings is 1. The van der Waals surface area contributed by atoms with Crippen LogP contribution in [0.3, 0.4) is 0 Å². The first kappa shape index (κ1) is 21.1. The van der Waals surface area contributed by atoms with Crippen LogP contribution < -0.4 is 0 Å². The van der Waals surface area contributed by atoms with Crippen molar-refractivity contribution in [2.24, 2.45) is 0 Å². The summed E-state index contributed by atoms with van der Waals surface area (Å²) in [6, 6.07) is 6.55. The van der Waals surface area contributed by atoms with Gasteiger partial charge in [0.15, 0.2) is 12.4 Å². The molecule has 5 atom stereocenters. The Morgan fingerprint density at radius 1 is 1.07 bits per heavy atom. The lowest BCUT2D eigenvalue weighted by atomic mass is 9.99. The van der Waals surface area contributed by atoms with Gasteiger partial charge in [0, 0.05) is 13.8 Å². The molecule has 0 bridgehead atoms. The van der Waals surface area contributed by atoms with Crippen molar-refractivity contribution in [1.82, 2.24) is 0 Å². The Hall–Kier alpha value is -2.20. The van der Waals surface area contributed by atoms with E-state index in [9.17, 15) is 24.9 Å². The number of ether oxygens (including phenoxy) is 4. The molecular weight excluding hydrogens is 360 g/mol. The molecule has 1 saturated heterocycles. The molecule has 0 aliphatic carbocycles. The van der Waals surface area contributed by atoms with Crippen molar-refractivity contribution >= 4 is 11.9 Å². The van der Waals surface area contributed by atoms with Crippen molar-refractivity contribution in [3.63, 3.8) is 0 Å². The predicted molar refractivity (Wildman–Crippen MR) is 90.6 cm³/mol. The summed E-state index contributed by atoms with van der Waals surface area (Å²) >= 11 is 0. The number of phenolic OH excluding ortho intramolecular Hbond substituents is 1. The fourth-order valence-electron chi connectivity index (χ4n) is 2.66. The van der Waals surface area contributed by atoms with Crippen LogP contribution in [0.25, 0.3) is 0 Å². The van der Waals surface area contributed by atoms with E-state index >= 15 is 0 Å². The number of carbonyl (C=O) groups is 2. The van der Waals surface area contributed by atoms with E-state index in [0.29, 0.717) is 6.42 Å². The molecule has 0 amide bonds. The van der Waals surface area contributed by atoms with Crippen molar-refractivity contribution < 1.29 is 43.9 Å². The minimum Gasteiger partial charge on any atom is -0.508 e. The molecule has 2 rings (SSSR count). The average Bonchev–Trinajstić information content (AvgIpc) is 2.61. The standard InChI is InChI=1S/C18H24O9/c1-10(19)25-9-14-15(22)17(26-11(2)20)16(23)18(27-14)24-8-7-12-3-5-13(21)6-4-12/h3-6,14-18,21-23H,7-9H2,1-2H3/t14-,15-,16-,17+,18-/m1/s1. The van der Waals surface area contributed by atoms with E-state index in [0.717, 1.165) is 12.5 Å². The van der Waals surface area contributed by atoms with Crippen LogP contribution in [0.4, 0.5) is 0 Å². The van der Waals surface area contributed by atoms with Gasteiger partial charge in [0.2, 0.25) is 0 Å². The molecule has 150 valence electrons. The number of hydrogen-bond acceptors (Lipinski definition) is 9. The topological polar surface area (TPSA) is 132 Å². The monoisotopic (exact) mass is 384 g/mol. The molecule has 3 N–H and O–H groups in total. The summed E-state index contributed by atoms with van der Waals surface area (Å²) in [6.45, 7) is 2.24. The van der Waals surface area contributed by atoms with Crippen molar-refractivity contribution in [3.05, 3.63) is 29.8 Å². The summed E-state index contributed by atoms with van der Waals surface area (Å²) in [5.41, 5.74) is 0.895.